The normalized spacial score (nSPS) is 11.1. The lowest BCUT2D eigenvalue weighted by molar-refractivity contribution is 0.978. The van der Waals surface area contributed by atoms with Crippen LogP contribution in [0.3, 0.4) is 0 Å². The second kappa shape index (κ2) is 4.82. The van der Waals surface area contributed by atoms with E-state index >= 15 is 0 Å². The van der Waals surface area contributed by atoms with Gasteiger partial charge in [0.15, 0.2) is 0 Å². The second-order valence-corrected chi connectivity index (χ2v) is 5.95. The van der Waals surface area contributed by atoms with E-state index in [1.54, 1.807) is 11.3 Å². The average molecular weight is 291 g/mol. The van der Waals surface area contributed by atoms with Crippen LogP contribution in [-0.2, 0) is 0 Å². The van der Waals surface area contributed by atoms with Gasteiger partial charge in [0.25, 0.3) is 0 Å². The quantitative estimate of drug-likeness (QED) is 0.547. The minimum absolute atomic E-state index is 0.921. The third-order valence-corrected chi connectivity index (χ3v) is 4.38. The van der Waals surface area contributed by atoms with Gasteiger partial charge >= 0.3 is 0 Å². The average Bonchev–Trinajstić information content (AvgIpc) is 3.07. The van der Waals surface area contributed by atoms with Crippen molar-refractivity contribution in [3.63, 3.8) is 0 Å². The fraction of sp³-hybridized carbons (Fsp3) is 0.0588. The van der Waals surface area contributed by atoms with Crippen molar-refractivity contribution in [3.05, 3.63) is 66.4 Å². The van der Waals surface area contributed by atoms with Crippen LogP contribution in [-0.4, -0.2) is 14.6 Å². The maximum absolute atomic E-state index is 4.68. The maximum atomic E-state index is 4.68. The van der Waals surface area contributed by atoms with Crippen molar-refractivity contribution in [2.24, 2.45) is 0 Å². The molecule has 0 spiro atoms. The lowest BCUT2D eigenvalue weighted by Gasteiger charge is -1.96. The minimum atomic E-state index is 0.921. The van der Waals surface area contributed by atoms with Gasteiger partial charge in [0.05, 0.1) is 11.9 Å². The Kier molecular flexibility index (Phi) is 2.82. The van der Waals surface area contributed by atoms with Gasteiger partial charge in [0.2, 0.25) is 4.96 Å². The molecule has 0 aliphatic carbocycles. The largest absolute Gasteiger partial charge is 0.217 e. The summed E-state index contributed by atoms with van der Waals surface area (Å²) in [4.78, 5) is 5.60. The van der Waals surface area contributed by atoms with Crippen molar-refractivity contribution >= 4 is 16.3 Å². The summed E-state index contributed by atoms with van der Waals surface area (Å²) in [6.45, 7) is 2.09. The van der Waals surface area contributed by atoms with E-state index in [0.29, 0.717) is 0 Å². The minimum Gasteiger partial charge on any atom is -0.217 e. The first-order chi connectivity index (χ1) is 10.3. The summed E-state index contributed by atoms with van der Waals surface area (Å²) in [5.41, 5.74) is 4.47. The summed E-state index contributed by atoms with van der Waals surface area (Å²) in [6, 6.07) is 18.6. The molecule has 0 aliphatic rings. The summed E-state index contributed by atoms with van der Waals surface area (Å²) >= 11 is 1.61. The predicted molar refractivity (Wildman–Crippen MR) is 86.5 cm³/mol. The fourth-order valence-electron chi connectivity index (χ4n) is 2.26. The number of aromatic nitrogens is 3. The number of rotatable bonds is 2. The van der Waals surface area contributed by atoms with E-state index in [1.807, 2.05) is 28.9 Å². The molecular formula is C17H13N3S. The lowest BCUT2D eigenvalue weighted by atomic mass is 10.1. The highest BCUT2D eigenvalue weighted by Gasteiger charge is 2.10. The van der Waals surface area contributed by atoms with Gasteiger partial charge in [-0.05, 0) is 6.92 Å². The van der Waals surface area contributed by atoms with E-state index < -0.39 is 0 Å². The molecule has 3 nitrogen and oxygen atoms in total. The van der Waals surface area contributed by atoms with Gasteiger partial charge in [-0.15, -0.1) is 0 Å². The van der Waals surface area contributed by atoms with E-state index in [9.17, 15) is 0 Å². The number of nitrogens with zero attached hydrogens (tertiary/aromatic N) is 3. The number of hydrogen-bond acceptors (Lipinski definition) is 3. The Hall–Kier alpha value is -2.46. The van der Waals surface area contributed by atoms with E-state index in [-0.39, 0.29) is 0 Å². The molecule has 4 rings (SSSR count). The summed E-state index contributed by atoms with van der Waals surface area (Å²) in [6.07, 6.45) is 1.99. The molecule has 0 bridgehead atoms. The molecule has 4 aromatic rings. The van der Waals surface area contributed by atoms with Gasteiger partial charge in [-0.1, -0.05) is 71.5 Å². The molecule has 0 amide bonds. The van der Waals surface area contributed by atoms with Crippen molar-refractivity contribution in [2.75, 3.05) is 0 Å². The first-order valence-electron chi connectivity index (χ1n) is 6.78. The van der Waals surface area contributed by atoms with Crippen LogP contribution in [0.25, 0.3) is 26.8 Å². The molecule has 102 valence electrons. The van der Waals surface area contributed by atoms with Crippen molar-refractivity contribution in [1.82, 2.24) is 14.6 Å². The third-order valence-electron chi connectivity index (χ3n) is 3.41. The predicted octanol–water partition coefficient (Wildman–Crippen LogP) is 4.43. The van der Waals surface area contributed by atoms with Crippen LogP contribution in [0.1, 0.15) is 5.56 Å². The molecule has 0 unspecified atom stereocenters. The zero-order valence-electron chi connectivity index (χ0n) is 11.5. The van der Waals surface area contributed by atoms with Crippen LogP contribution in [0.5, 0.6) is 0 Å². The Labute approximate surface area is 126 Å². The first kappa shape index (κ1) is 12.3. The third kappa shape index (κ3) is 2.23. The van der Waals surface area contributed by atoms with Gasteiger partial charge in [0, 0.05) is 11.1 Å². The molecule has 4 heteroatoms. The number of imidazole rings is 1. The Morgan fingerprint density at radius 2 is 1.67 bits per heavy atom. The number of hydrogen-bond donors (Lipinski definition) is 0. The topological polar surface area (TPSA) is 30.2 Å². The van der Waals surface area contributed by atoms with Gasteiger partial charge in [-0.3, -0.25) is 0 Å². The highest BCUT2D eigenvalue weighted by Crippen LogP contribution is 2.27. The standard InChI is InChI=1S/C17H13N3S/c1-12-7-9-13(10-8-12)15-11-20-17(18-15)21-16(19-20)14-5-3-2-4-6-14/h2-11H,1H3. The zero-order valence-corrected chi connectivity index (χ0v) is 12.3. The van der Waals surface area contributed by atoms with Crippen LogP contribution in [0, 0.1) is 6.92 Å². The molecule has 2 aromatic heterocycles. The molecule has 0 aliphatic heterocycles. The molecule has 0 atom stereocenters. The van der Waals surface area contributed by atoms with Gasteiger partial charge in [0.1, 0.15) is 5.01 Å². The highest BCUT2D eigenvalue weighted by atomic mass is 32.1. The van der Waals surface area contributed by atoms with Gasteiger partial charge in [-0.25, -0.2) is 9.50 Å². The molecule has 0 saturated carbocycles. The first-order valence-corrected chi connectivity index (χ1v) is 7.60. The number of aryl methyl sites for hydroxylation is 1. The van der Waals surface area contributed by atoms with Crippen LogP contribution >= 0.6 is 11.3 Å². The van der Waals surface area contributed by atoms with Crippen LogP contribution in [0.2, 0.25) is 0 Å². The number of benzene rings is 2. The van der Waals surface area contributed by atoms with Gasteiger partial charge < -0.3 is 0 Å². The van der Waals surface area contributed by atoms with E-state index in [0.717, 1.165) is 26.8 Å². The summed E-state index contributed by atoms with van der Waals surface area (Å²) in [5, 5.41) is 5.61. The van der Waals surface area contributed by atoms with Crippen molar-refractivity contribution in [2.45, 2.75) is 6.92 Å². The van der Waals surface area contributed by atoms with Gasteiger partial charge in [-0.2, -0.15) is 5.10 Å². The van der Waals surface area contributed by atoms with E-state index in [2.05, 4.69) is 53.4 Å². The Morgan fingerprint density at radius 3 is 2.38 bits per heavy atom. The highest BCUT2D eigenvalue weighted by molar-refractivity contribution is 7.19. The summed E-state index contributed by atoms with van der Waals surface area (Å²) in [7, 11) is 0. The zero-order chi connectivity index (χ0) is 14.2. The summed E-state index contributed by atoms with van der Waals surface area (Å²) < 4.78 is 1.86. The second-order valence-electron chi connectivity index (χ2n) is 4.99. The lowest BCUT2D eigenvalue weighted by Crippen LogP contribution is -1.82. The van der Waals surface area contributed by atoms with Crippen LogP contribution in [0.15, 0.2) is 60.8 Å². The van der Waals surface area contributed by atoms with Crippen molar-refractivity contribution < 1.29 is 0 Å². The molecule has 0 saturated heterocycles. The Balaban J connectivity index is 1.75. The van der Waals surface area contributed by atoms with Crippen molar-refractivity contribution in [1.29, 1.82) is 0 Å². The molecule has 21 heavy (non-hydrogen) atoms. The van der Waals surface area contributed by atoms with Crippen LogP contribution in [0.4, 0.5) is 0 Å². The smallest absolute Gasteiger partial charge is 0.213 e. The molecule has 0 radical (unpaired) electrons. The molecule has 0 N–H and O–H groups in total. The van der Waals surface area contributed by atoms with Crippen molar-refractivity contribution in [3.8, 4) is 21.8 Å². The van der Waals surface area contributed by atoms with E-state index in [1.165, 1.54) is 5.56 Å². The van der Waals surface area contributed by atoms with Crippen LogP contribution < -0.4 is 0 Å². The molecule has 2 aromatic carbocycles. The summed E-state index contributed by atoms with van der Waals surface area (Å²) in [5.74, 6) is 0. The molecule has 0 fully saturated rings. The maximum Gasteiger partial charge on any atom is 0.213 e. The molecular weight excluding hydrogens is 278 g/mol. The SMILES string of the molecule is Cc1ccc(-c2cn3nc(-c4ccccc4)sc3n2)cc1. The number of fused-ring (bicyclic) bond motifs is 1. The van der Waals surface area contributed by atoms with E-state index in [4.69, 9.17) is 0 Å². The Bertz CT molecular complexity index is 857. The fourth-order valence-corrected chi connectivity index (χ4v) is 3.15. The Morgan fingerprint density at radius 1 is 0.905 bits per heavy atom. The molecule has 2 heterocycles. The monoisotopic (exact) mass is 291 g/mol.